The fourth-order valence-electron chi connectivity index (χ4n) is 4.45. The first-order valence-corrected chi connectivity index (χ1v) is 11.3. The van der Waals surface area contributed by atoms with Crippen molar-refractivity contribution in [2.45, 2.75) is 57.7 Å². The Kier molecular flexibility index (Phi) is 6.14. The minimum absolute atomic E-state index is 0.0201. The third-order valence-electron chi connectivity index (χ3n) is 6.10. The smallest absolute Gasteiger partial charge is 0.417 e. The Morgan fingerprint density at radius 3 is 2.46 bits per heavy atom. The second kappa shape index (κ2) is 8.69. The Balaban J connectivity index is 1.73. The molecule has 35 heavy (non-hydrogen) atoms. The molecule has 0 aliphatic carbocycles. The second-order valence-corrected chi connectivity index (χ2v) is 9.83. The van der Waals surface area contributed by atoms with Gasteiger partial charge in [0.05, 0.1) is 22.7 Å². The summed E-state index contributed by atoms with van der Waals surface area (Å²) < 4.78 is 49.3. The number of aryl methyl sites for hydroxylation is 1. The molecule has 3 heterocycles. The number of aromatic nitrogens is 2. The number of hydrogen-bond donors (Lipinski definition) is 1. The number of imide groups is 1. The second-order valence-electron chi connectivity index (χ2n) is 9.83. The quantitative estimate of drug-likeness (QED) is 0.637. The first kappa shape index (κ1) is 24.7. The maximum Gasteiger partial charge on any atom is 0.417 e. The van der Waals surface area contributed by atoms with Crippen LogP contribution in [-0.4, -0.2) is 51.3 Å². The summed E-state index contributed by atoms with van der Waals surface area (Å²) >= 11 is 0. The van der Waals surface area contributed by atoms with Crippen LogP contribution in [-0.2, 0) is 27.5 Å². The molecule has 1 unspecified atom stereocenters. The molecule has 4 rings (SSSR count). The van der Waals surface area contributed by atoms with Crippen molar-refractivity contribution in [3.63, 3.8) is 0 Å². The molecule has 0 spiro atoms. The van der Waals surface area contributed by atoms with Gasteiger partial charge < -0.3 is 9.64 Å². The molecule has 0 bridgehead atoms. The Hall–Kier alpha value is -3.37. The fraction of sp³-hybridized carbons (Fsp3) is 0.500. The van der Waals surface area contributed by atoms with E-state index in [4.69, 9.17) is 4.74 Å². The minimum Gasteiger partial charge on any atom is -0.444 e. The predicted molar refractivity (Wildman–Crippen MR) is 121 cm³/mol. The van der Waals surface area contributed by atoms with Crippen molar-refractivity contribution in [2.24, 2.45) is 7.05 Å². The SMILES string of the molecule is Cn1nc(C2CCC(=O)NC2=O)c2cc(C(F)(F)F)c(C3=CCN(C(=O)OC(C)(C)C)CC3)cc21. The van der Waals surface area contributed by atoms with Gasteiger partial charge in [0.15, 0.2) is 0 Å². The number of amides is 3. The molecular formula is C24H27F3N4O4. The van der Waals surface area contributed by atoms with Gasteiger partial charge in [0.2, 0.25) is 11.8 Å². The molecule has 1 atom stereocenters. The minimum atomic E-state index is -4.65. The van der Waals surface area contributed by atoms with Gasteiger partial charge in [-0.15, -0.1) is 0 Å². The summed E-state index contributed by atoms with van der Waals surface area (Å²) in [5.41, 5.74) is -0.339. The van der Waals surface area contributed by atoms with Crippen molar-refractivity contribution in [2.75, 3.05) is 13.1 Å². The lowest BCUT2D eigenvalue weighted by atomic mass is 9.89. The topological polar surface area (TPSA) is 93.5 Å². The van der Waals surface area contributed by atoms with Crippen molar-refractivity contribution in [3.8, 4) is 0 Å². The van der Waals surface area contributed by atoms with Gasteiger partial charge in [-0.25, -0.2) is 4.79 Å². The summed E-state index contributed by atoms with van der Waals surface area (Å²) in [5, 5.41) is 6.82. The van der Waals surface area contributed by atoms with Crippen LogP contribution in [0.1, 0.15) is 62.8 Å². The third kappa shape index (κ3) is 5.03. The molecule has 1 saturated heterocycles. The van der Waals surface area contributed by atoms with Gasteiger partial charge in [-0.2, -0.15) is 18.3 Å². The Bertz CT molecular complexity index is 1240. The summed E-state index contributed by atoms with van der Waals surface area (Å²) in [6.45, 7) is 5.60. The molecule has 1 N–H and O–H groups in total. The third-order valence-corrected chi connectivity index (χ3v) is 6.10. The van der Waals surface area contributed by atoms with E-state index >= 15 is 0 Å². The van der Waals surface area contributed by atoms with E-state index in [1.165, 1.54) is 15.6 Å². The van der Waals surface area contributed by atoms with Crippen LogP contribution in [0.25, 0.3) is 16.5 Å². The molecular weight excluding hydrogens is 465 g/mol. The van der Waals surface area contributed by atoms with Gasteiger partial charge >= 0.3 is 12.3 Å². The number of carbonyl (C=O) groups excluding carboxylic acids is 3. The van der Waals surface area contributed by atoms with Crippen LogP contribution in [0.4, 0.5) is 18.0 Å². The highest BCUT2D eigenvalue weighted by molar-refractivity contribution is 6.02. The van der Waals surface area contributed by atoms with E-state index in [9.17, 15) is 27.6 Å². The Labute approximate surface area is 200 Å². The normalized spacial score (nSPS) is 19.6. The fourth-order valence-corrected chi connectivity index (χ4v) is 4.45. The van der Waals surface area contributed by atoms with Crippen molar-refractivity contribution >= 4 is 34.4 Å². The van der Waals surface area contributed by atoms with Crippen LogP contribution in [0.3, 0.4) is 0 Å². The highest BCUT2D eigenvalue weighted by Gasteiger charge is 2.38. The standard InChI is InChI=1S/C24H27F3N4O4/c1-23(2,3)35-22(34)31-9-7-13(8-10-31)15-12-18-16(11-17(15)24(25,26)27)20(29-30(18)4)14-5-6-19(32)28-21(14)33/h7,11-12,14H,5-6,8-10H2,1-4H3,(H,28,32,33). The van der Waals surface area contributed by atoms with E-state index in [0.29, 0.717) is 11.1 Å². The molecule has 0 radical (unpaired) electrons. The number of halogens is 3. The monoisotopic (exact) mass is 492 g/mol. The van der Waals surface area contributed by atoms with E-state index in [0.717, 1.165) is 6.07 Å². The zero-order chi connectivity index (χ0) is 25.7. The maximum atomic E-state index is 14.2. The van der Waals surface area contributed by atoms with E-state index in [-0.39, 0.29) is 49.0 Å². The molecule has 2 aliphatic rings. The Morgan fingerprint density at radius 1 is 1.17 bits per heavy atom. The molecule has 3 amide bonds. The summed E-state index contributed by atoms with van der Waals surface area (Å²) in [6, 6.07) is 2.48. The number of fused-ring (bicyclic) bond motifs is 1. The van der Waals surface area contributed by atoms with E-state index in [2.05, 4.69) is 10.4 Å². The van der Waals surface area contributed by atoms with Gasteiger partial charge in [0.1, 0.15) is 5.60 Å². The van der Waals surface area contributed by atoms with Crippen LogP contribution < -0.4 is 5.32 Å². The zero-order valence-electron chi connectivity index (χ0n) is 20.0. The number of carbonyl (C=O) groups is 3. The molecule has 2 aromatic rings. The molecule has 8 nitrogen and oxygen atoms in total. The molecule has 11 heteroatoms. The van der Waals surface area contributed by atoms with Gasteiger partial charge in [0.25, 0.3) is 0 Å². The lowest BCUT2D eigenvalue weighted by Gasteiger charge is -2.30. The molecule has 2 aliphatic heterocycles. The summed E-state index contributed by atoms with van der Waals surface area (Å²) in [5.74, 6) is -1.77. The van der Waals surface area contributed by atoms with E-state index in [1.54, 1.807) is 33.9 Å². The van der Waals surface area contributed by atoms with E-state index < -0.39 is 41.2 Å². The van der Waals surface area contributed by atoms with Crippen molar-refractivity contribution in [1.29, 1.82) is 0 Å². The molecule has 1 aromatic carbocycles. The lowest BCUT2D eigenvalue weighted by molar-refractivity contribution is -0.138. The lowest BCUT2D eigenvalue weighted by Crippen LogP contribution is -2.39. The number of piperidine rings is 1. The number of alkyl halides is 3. The van der Waals surface area contributed by atoms with Gasteiger partial charge in [-0.3, -0.25) is 19.6 Å². The van der Waals surface area contributed by atoms with Crippen molar-refractivity contribution in [3.05, 3.63) is 35.0 Å². The number of rotatable bonds is 2. The number of nitrogens with one attached hydrogen (secondary N) is 1. The molecule has 0 saturated carbocycles. The number of nitrogens with zero attached hydrogens (tertiary/aromatic N) is 3. The zero-order valence-corrected chi connectivity index (χ0v) is 20.0. The number of ether oxygens (including phenoxy) is 1. The van der Waals surface area contributed by atoms with Crippen LogP contribution in [0.5, 0.6) is 0 Å². The van der Waals surface area contributed by atoms with Gasteiger partial charge in [-0.05, 0) is 56.9 Å². The van der Waals surface area contributed by atoms with Crippen molar-refractivity contribution < 1.29 is 32.3 Å². The van der Waals surface area contributed by atoms with Crippen LogP contribution in [0.2, 0.25) is 0 Å². The average Bonchev–Trinajstić information content (AvgIpc) is 3.07. The van der Waals surface area contributed by atoms with Crippen LogP contribution in [0.15, 0.2) is 18.2 Å². The largest absolute Gasteiger partial charge is 0.444 e. The average molecular weight is 492 g/mol. The molecule has 1 aromatic heterocycles. The summed E-state index contributed by atoms with van der Waals surface area (Å²) in [7, 11) is 1.61. The van der Waals surface area contributed by atoms with Gasteiger partial charge in [0, 0.05) is 31.9 Å². The summed E-state index contributed by atoms with van der Waals surface area (Å²) in [6.07, 6.45) is -3.04. The van der Waals surface area contributed by atoms with Gasteiger partial charge in [-0.1, -0.05) is 6.08 Å². The maximum absolute atomic E-state index is 14.2. The number of benzene rings is 1. The van der Waals surface area contributed by atoms with Crippen LogP contribution in [0, 0.1) is 0 Å². The van der Waals surface area contributed by atoms with Crippen molar-refractivity contribution in [1.82, 2.24) is 20.0 Å². The number of hydrogen-bond acceptors (Lipinski definition) is 5. The predicted octanol–water partition coefficient (Wildman–Crippen LogP) is 4.14. The first-order valence-electron chi connectivity index (χ1n) is 11.3. The highest BCUT2D eigenvalue weighted by atomic mass is 19.4. The summed E-state index contributed by atoms with van der Waals surface area (Å²) in [4.78, 5) is 37.7. The molecule has 1 fully saturated rings. The van der Waals surface area contributed by atoms with Crippen LogP contribution >= 0.6 is 0 Å². The Morgan fingerprint density at radius 2 is 1.89 bits per heavy atom. The highest BCUT2D eigenvalue weighted by Crippen LogP contribution is 2.41. The first-order chi connectivity index (χ1) is 16.2. The van der Waals surface area contributed by atoms with E-state index in [1.807, 2.05) is 0 Å². The molecule has 188 valence electrons.